The van der Waals surface area contributed by atoms with Gasteiger partial charge in [-0.2, -0.15) is 0 Å². The highest BCUT2D eigenvalue weighted by Crippen LogP contribution is 2.33. The molecule has 0 saturated carbocycles. The fraction of sp³-hybridized carbons (Fsp3) is 0.333. The van der Waals surface area contributed by atoms with Crippen molar-refractivity contribution in [3.05, 3.63) is 58.5 Å². The molecule has 1 aromatic carbocycles. The minimum absolute atomic E-state index is 0.0163. The highest BCUT2D eigenvalue weighted by Gasteiger charge is 2.12. The van der Waals surface area contributed by atoms with Gasteiger partial charge in [-0.3, -0.25) is 0 Å². The second-order valence-corrected chi connectivity index (χ2v) is 6.82. The van der Waals surface area contributed by atoms with Crippen LogP contribution in [0.2, 0.25) is 5.02 Å². The molecule has 0 aliphatic heterocycles. The molecule has 2 rings (SSSR count). The number of pyridine rings is 1. The SMILES string of the molecule is CCCc1cc(F)c(Oc2ccc(/C=C/[C@H](C)CC(C)=O)cn2)c(Cl)c1. The van der Waals surface area contributed by atoms with Crippen molar-refractivity contribution in [3.63, 3.8) is 0 Å². The van der Waals surface area contributed by atoms with Gasteiger partial charge in [0.1, 0.15) is 5.78 Å². The van der Waals surface area contributed by atoms with E-state index < -0.39 is 5.82 Å². The Bertz CT molecular complexity index is 764. The van der Waals surface area contributed by atoms with Crippen LogP contribution in [0.5, 0.6) is 11.6 Å². The molecule has 0 bridgehead atoms. The van der Waals surface area contributed by atoms with Crippen molar-refractivity contribution in [2.24, 2.45) is 5.92 Å². The summed E-state index contributed by atoms with van der Waals surface area (Å²) in [5.41, 5.74) is 1.72. The largest absolute Gasteiger partial charge is 0.434 e. The van der Waals surface area contributed by atoms with E-state index in [4.69, 9.17) is 16.3 Å². The lowest BCUT2D eigenvalue weighted by molar-refractivity contribution is -0.117. The van der Waals surface area contributed by atoms with E-state index in [1.54, 1.807) is 25.3 Å². The molecule has 0 N–H and O–H groups in total. The monoisotopic (exact) mass is 375 g/mol. The van der Waals surface area contributed by atoms with Gasteiger partial charge in [-0.25, -0.2) is 9.37 Å². The Morgan fingerprint density at radius 3 is 2.73 bits per heavy atom. The quantitative estimate of drug-likeness (QED) is 0.547. The molecule has 0 amide bonds. The molecule has 0 saturated heterocycles. The first-order chi connectivity index (χ1) is 12.4. The van der Waals surface area contributed by atoms with Gasteiger partial charge in [0, 0.05) is 18.7 Å². The lowest BCUT2D eigenvalue weighted by Gasteiger charge is -2.10. The van der Waals surface area contributed by atoms with E-state index in [1.165, 1.54) is 6.07 Å². The Kier molecular flexibility index (Phi) is 7.34. The number of aryl methyl sites for hydroxylation is 1. The molecule has 0 aliphatic carbocycles. The first kappa shape index (κ1) is 20.1. The Morgan fingerprint density at radius 2 is 2.15 bits per heavy atom. The van der Waals surface area contributed by atoms with Crippen molar-refractivity contribution in [2.75, 3.05) is 0 Å². The maximum atomic E-state index is 14.2. The molecule has 0 unspecified atom stereocenters. The average Bonchev–Trinajstić information content (AvgIpc) is 2.57. The van der Waals surface area contributed by atoms with E-state index in [2.05, 4.69) is 4.98 Å². The molecule has 26 heavy (non-hydrogen) atoms. The van der Waals surface area contributed by atoms with Crippen LogP contribution >= 0.6 is 11.6 Å². The summed E-state index contributed by atoms with van der Waals surface area (Å²) in [6.45, 7) is 5.59. The van der Waals surface area contributed by atoms with Gasteiger partial charge in [-0.15, -0.1) is 0 Å². The van der Waals surface area contributed by atoms with Gasteiger partial charge in [0.15, 0.2) is 11.6 Å². The number of hydrogen-bond donors (Lipinski definition) is 0. The van der Waals surface area contributed by atoms with Gasteiger partial charge >= 0.3 is 0 Å². The maximum absolute atomic E-state index is 14.2. The van der Waals surface area contributed by atoms with Crippen molar-refractivity contribution < 1.29 is 13.9 Å². The van der Waals surface area contributed by atoms with Crippen molar-refractivity contribution in [1.82, 2.24) is 4.98 Å². The lowest BCUT2D eigenvalue weighted by atomic mass is 10.0. The summed E-state index contributed by atoms with van der Waals surface area (Å²) in [5, 5.41) is 0.234. The molecule has 5 heteroatoms. The summed E-state index contributed by atoms with van der Waals surface area (Å²) in [4.78, 5) is 15.3. The van der Waals surface area contributed by atoms with Crippen LogP contribution in [0.1, 0.15) is 44.7 Å². The molecule has 1 atom stereocenters. The predicted molar refractivity (Wildman–Crippen MR) is 103 cm³/mol. The molecule has 3 nitrogen and oxygen atoms in total. The Balaban J connectivity index is 2.08. The van der Waals surface area contributed by atoms with Crippen LogP contribution in [0.3, 0.4) is 0 Å². The van der Waals surface area contributed by atoms with Gasteiger partial charge in [0.05, 0.1) is 5.02 Å². The first-order valence-corrected chi connectivity index (χ1v) is 9.06. The minimum atomic E-state index is -0.496. The number of ether oxygens (including phenoxy) is 1. The van der Waals surface area contributed by atoms with Crippen LogP contribution in [0.4, 0.5) is 4.39 Å². The first-order valence-electron chi connectivity index (χ1n) is 8.68. The summed E-state index contributed by atoms with van der Waals surface area (Å²) >= 11 is 6.15. The molecule has 2 aromatic rings. The van der Waals surface area contributed by atoms with E-state index in [1.807, 2.05) is 32.1 Å². The van der Waals surface area contributed by atoms with Crippen LogP contribution in [-0.4, -0.2) is 10.8 Å². The fourth-order valence-corrected chi connectivity index (χ4v) is 2.86. The molecule has 138 valence electrons. The van der Waals surface area contributed by atoms with E-state index in [0.717, 1.165) is 24.0 Å². The molecule has 0 fully saturated rings. The standard InChI is InChI=1S/C21H23ClFNO2/c1-4-5-17-11-18(22)21(19(23)12-17)26-20-9-8-16(13-24-20)7-6-14(2)10-15(3)25/h6-9,11-14H,4-5,10H2,1-3H3/b7-6+/t14-/m0/s1. The topological polar surface area (TPSA) is 39.2 Å². The number of hydrogen-bond acceptors (Lipinski definition) is 3. The van der Waals surface area contributed by atoms with E-state index >= 15 is 0 Å². The number of carbonyl (C=O) groups excluding carboxylic acids is 1. The van der Waals surface area contributed by atoms with Gasteiger partial charge in [-0.05, 0) is 48.6 Å². The predicted octanol–water partition coefficient (Wildman–Crippen LogP) is 6.25. The third-order valence-electron chi connectivity index (χ3n) is 3.79. The second-order valence-electron chi connectivity index (χ2n) is 6.41. The number of carbonyl (C=O) groups is 1. The summed E-state index contributed by atoms with van der Waals surface area (Å²) in [5.74, 6) is 0.0796. The van der Waals surface area contributed by atoms with Crippen LogP contribution in [0, 0.1) is 11.7 Å². The Hall–Kier alpha value is -2.20. The molecule has 1 aromatic heterocycles. The number of nitrogens with zero attached hydrogens (tertiary/aromatic N) is 1. The second kappa shape index (κ2) is 9.48. The van der Waals surface area contributed by atoms with E-state index in [-0.39, 0.29) is 28.4 Å². The lowest BCUT2D eigenvalue weighted by Crippen LogP contribution is -1.98. The third kappa shape index (κ3) is 5.95. The molecule has 0 spiro atoms. The van der Waals surface area contributed by atoms with Gasteiger partial charge in [0.2, 0.25) is 5.88 Å². The molecule has 1 heterocycles. The summed E-state index contributed by atoms with van der Waals surface area (Å²) < 4.78 is 19.8. The number of halogens is 2. The van der Waals surface area contributed by atoms with Crippen molar-refractivity contribution >= 4 is 23.5 Å². The number of aromatic nitrogens is 1. The van der Waals surface area contributed by atoms with Crippen molar-refractivity contribution in [1.29, 1.82) is 0 Å². The number of allylic oxidation sites excluding steroid dienone is 1. The number of ketones is 1. The summed E-state index contributed by atoms with van der Waals surface area (Å²) in [7, 11) is 0. The molecule has 0 radical (unpaired) electrons. The zero-order chi connectivity index (χ0) is 19.1. The summed E-state index contributed by atoms with van der Waals surface area (Å²) in [6.07, 6.45) is 7.68. The maximum Gasteiger partial charge on any atom is 0.219 e. The van der Waals surface area contributed by atoms with E-state index in [9.17, 15) is 9.18 Å². The van der Waals surface area contributed by atoms with E-state index in [0.29, 0.717) is 6.42 Å². The normalized spacial score (nSPS) is 12.3. The molecular formula is C21H23ClFNO2. The number of Topliss-reactive ketones (excluding diaryl/α,β-unsaturated/α-hetero) is 1. The summed E-state index contributed by atoms with van der Waals surface area (Å²) in [6, 6.07) is 6.64. The fourth-order valence-electron chi connectivity index (χ4n) is 2.60. The molecular weight excluding hydrogens is 353 g/mol. The number of benzene rings is 1. The zero-order valence-electron chi connectivity index (χ0n) is 15.3. The number of rotatable bonds is 8. The smallest absolute Gasteiger partial charge is 0.219 e. The highest BCUT2D eigenvalue weighted by atomic mass is 35.5. The van der Waals surface area contributed by atoms with Crippen LogP contribution in [-0.2, 0) is 11.2 Å². The zero-order valence-corrected chi connectivity index (χ0v) is 16.0. The van der Waals surface area contributed by atoms with Crippen molar-refractivity contribution in [2.45, 2.75) is 40.0 Å². The Morgan fingerprint density at radius 1 is 1.38 bits per heavy atom. The average molecular weight is 376 g/mol. The minimum Gasteiger partial charge on any atom is -0.434 e. The highest BCUT2D eigenvalue weighted by molar-refractivity contribution is 6.32. The Labute approximate surface area is 158 Å². The van der Waals surface area contributed by atoms with Gasteiger partial charge in [0.25, 0.3) is 0 Å². The van der Waals surface area contributed by atoms with Gasteiger partial charge in [-0.1, -0.05) is 44.0 Å². The van der Waals surface area contributed by atoms with Crippen LogP contribution in [0.15, 0.2) is 36.5 Å². The van der Waals surface area contributed by atoms with Crippen LogP contribution in [0.25, 0.3) is 6.08 Å². The van der Waals surface area contributed by atoms with Gasteiger partial charge < -0.3 is 9.53 Å². The van der Waals surface area contributed by atoms with Crippen LogP contribution < -0.4 is 4.74 Å². The van der Waals surface area contributed by atoms with Crippen molar-refractivity contribution in [3.8, 4) is 11.6 Å². The third-order valence-corrected chi connectivity index (χ3v) is 4.07. The molecule has 0 aliphatic rings.